The van der Waals surface area contributed by atoms with E-state index < -0.39 is 79.2 Å². The second kappa shape index (κ2) is 12.9. The number of benzene rings is 2. The molecular weight excluding hydrogens is 616 g/mol. The van der Waals surface area contributed by atoms with Crippen molar-refractivity contribution < 1.29 is 46.7 Å². The van der Waals surface area contributed by atoms with Crippen LogP contribution in [-0.4, -0.2) is 68.7 Å². The second-order valence-electron chi connectivity index (χ2n) is 10.1. The van der Waals surface area contributed by atoms with E-state index in [0.717, 1.165) is 10.8 Å². The maximum atomic E-state index is 14.6. The summed E-state index contributed by atoms with van der Waals surface area (Å²) >= 11 is 5.60. The van der Waals surface area contributed by atoms with Crippen molar-refractivity contribution >= 4 is 41.0 Å². The summed E-state index contributed by atoms with van der Waals surface area (Å²) in [7, 11) is 0. The summed E-state index contributed by atoms with van der Waals surface area (Å²) in [6.07, 6.45) is -10.0. The third-order valence-corrected chi connectivity index (χ3v) is 8.98. The van der Waals surface area contributed by atoms with Crippen molar-refractivity contribution in [3.63, 3.8) is 0 Å². The number of rotatable bonds is 11. The number of aliphatic hydroxyl groups is 2. The van der Waals surface area contributed by atoms with Gasteiger partial charge in [-0.05, 0) is 55.5 Å². The maximum absolute atomic E-state index is 14.6. The highest BCUT2D eigenvalue weighted by Gasteiger charge is 2.61. The number of hydrogen-bond acceptors (Lipinski definition) is 11. The number of nitrogens with two attached hydrogens (primary N) is 1. The summed E-state index contributed by atoms with van der Waals surface area (Å²) in [5.41, 5.74) is 1.06. The lowest BCUT2D eigenvalue weighted by Gasteiger charge is -2.34. The number of aliphatic hydroxyl groups excluding tert-OH is 2. The number of carbonyl (C=O) groups is 1. The average molecular weight is 647 g/mol. The lowest BCUT2D eigenvalue weighted by molar-refractivity contribution is -0.192. The van der Waals surface area contributed by atoms with Gasteiger partial charge < -0.3 is 34.5 Å². The minimum absolute atomic E-state index is 0.172. The van der Waals surface area contributed by atoms with Crippen LogP contribution in [0.1, 0.15) is 27.0 Å². The monoisotopic (exact) mass is 646 g/mol. The Labute approximate surface area is 248 Å². The van der Waals surface area contributed by atoms with Gasteiger partial charge >= 0.3 is 18.3 Å². The zero-order chi connectivity index (χ0) is 31.7. The first-order valence-corrected chi connectivity index (χ1v) is 15.6. The van der Waals surface area contributed by atoms with Crippen LogP contribution in [-0.2, 0) is 30.6 Å². The van der Waals surface area contributed by atoms with Crippen LogP contribution in [0.25, 0.3) is 10.8 Å². The van der Waals surface area contributed by atoms with Gasteiger partial charge in [0, 0.05) is 0 Å². The molecule has 0 amide bonds. The van der Waals surface area contributed by atoms with E-state index in [1.807, 2.05) is 12.1 Å². The van der Waals surface area contributed by atoms with Crippen molar-refractivity contribution in [3.8, 4) is 5.75 Å². The first kappa shape index (κ1) is 32.8. The minimum Gasteiger partial charge on any atom is -0.462 e. The van der Waals surface area contributed by atoms with Gasteiger partial charge in [0.25, 0.3) is 6.43 Å². The fourth-order valence-corrected chi connectivity index (χ4v) is 6.71. The lowest BCUT2D eigenvalue weighted by atomic mass is 9.96. The lowest BCUT2D eigenvalue weighted by Crippen LogP contribution is -2.53. The van der Waals surface area contributed by atoms with Crippen LogP contribution in [0.2, 0.25) is 0 Å². The molecule has 4 rings (SSSR count). The zero-order valence-electron chi connectivity index (χ0n) is 23.1. The molecule has 43 heavy (non-hydrogen) atoms. The van der Waals surface area contributed by atoms with E-state index in [-0.39, 0.29) is 5.75 Å². The first-order chi connectivity index (χ1) is 20.2. The van der Waals surface area contributed by atoms with Crippen molar-refractivity contribution in [1.82, 2.24) is 14.6 Å². The third-order valence-electron chi connectivity index (χ3n) is 6.50. The highest BCUT2D eigenvalue weighted by Crippen LogP contribution is 2.49. The van der Waals surface area contributed by atoms with E-state index in [2.05, 4.69) is 10.1 Å². The quantitative estimate of drug-likeness (QED) is 0.178. The van der Waals surface area contributed by atoms with E-state index in [4.69, 9.17) is 36.1 Å². The molecule has 2 heterocycles. The van der Waals surface area contributed by atoms with Crippen molar-refractivity contribution in [2.45, 2.75) is 63.4 Å². The summed E-state index contributed by atoms with van der Waals surface area (Å²) in [6, 6.07) is 11.1. The molecule has 234 valence electrons. The molecule has 12 nitrogen and oxygen atoms in total. The van der Waals surface area contributed by atoms with Gasteiger partial charge in [-0.1, -0.05) is 30.3 Å². The molecule has 3 aromatic rings. The molecule has 0 bridgehead atoms. The maximum Gasteiger partial charge on any atom is 0.351 e. The number of nitrogen functional groups attached to an aromatic ring is 1. The third kappa shape index (κ3) is 7.01. The van der Waals surface area contributed by atoms with Gasteiger partial charge in [0.1, 0.15) is 24.0 Å². The number of ether oxygens (including phenoxy) is 2. The number of alkyl halides is 2. The first-order valence-electron chi connectivity index (χ1n) is 12.9. The van der Waals surface area contributed by atoms with Crippen LogP contribution in [0.5, 0.6) is 5.75 Å². The van der Waals surface area contributed by atoms with E-state index in [1.165, 1.54) is 6.92 Å². The molecule has 1 aliphatic rings. The average Bonchev–Trinajstić information content (AvgIpc) is 3.19. The largest absolute Gasteiger partial charge is 0.462 e. The Morgan fingerprint density at radius 3 is 2.56 bits per heavy atom. The summed E-state index contributed by atoms with van der Waals surface area (Å²) in [6.45, 7) is -0.485. The smallest absolute Gasteiger partial charge is 0.351 e. The number of carbonyl (C=O) groups excluding carboxylic acids is 1. The highest BCUT2D eigenvalue weighted by atomic mass is 32.5. The molecule has 1 aromatic heterocycles. The molecule has 0 aliphatic carbocycles. The van der Waals surface area contributed by atoms with Crippen LogP contribution >= 0.6 is 6.64 Å². The summed E-state index contributed by atoms with van der Waals surface area (Å²) in [5, 5.41) is 25.7. The molecule has 1 fully saturated rings. The molecule has 0 saturated carbocycles. The Morgan fingerprint density at radius 1 is 1.23 bits per heavy atom. The molecule has 1 aliphatic heterocycles. The second-order valence-corrected chi connectivity index (χ2v) is 13.2. The van der Waals surface area contributed by atoms with Gasteiger partial charge in [-0.3, -0.25) is 9.36 Å². The van der Waals surface area contributed by atoms with Crippen LogP contribution in [0.3, 0.4) is 0 Å². The number of fused-ring (bicyclic) bond motifs is 1. The van der Waals surface area contributed by atoms with Gasteiger partial charge in [0.05, 0.1) is 18.9 Å². The van der Waals surface area contributed by atoms with E-state index in [9.17, 15) is 33.0 Å². The van der Waals surface area contributed by atoms with Crippen molar-refractivity contribution in [2.24, 2.45) is 0 Å². The topological polar surface area (TPSA) is 167 Å². The Morgan fingerprint density at radius 2 is 1.91 bits per heavy atom. The van der Waals surface area contributed by atoms with Gasteiger partial charge in [-0.2, -0.15) is 4.98 Å². The number of aromatic nitrogens is 2. The molecule has 1 saturated heterocycles. The SMILES string of the molecule is CC(C)OC(=O)[C@H](C)NP(=S)(OC[C@@]1(C(F)F)O[C@@H](n2cc(F)c(N)nc2=O)[C@@H](O)[C@@H]1O)Oc1ccc2ccccc2c1. The van der Waals surface area contributed by atoms with Gasteiger partial charge in [0.15, 0.2) is 23.5 Å². The number of esters is 1. The number of anilines is 1. The molecule has 1 unspecified atom stereocenters. The molecule has 6 atom stereocenters. The fourth-order valence-electron chi connectivity index (χ4n) is 4.30. The van der Waals surface area contributed by atoms with Crippen LogP contribution < -0.4 is 21.0 Å². The van der Waals surface area contributed by atoms with Gasteiger partial charge in [-0.25, -0.2) is 23.1 Å². The highest BCUT2D eigenvalue weighted by molar-refractivity contribution is 8.09. The molecular formula is C26H30F3N4O8PS. The summed E-state index contributed by atoms with van der Waals surface area (Å²) in [4.78, 5) is 28.1. The summed E-state index contributed by atoms with van der Waals surface area (Å²) in [5.74, 6) is -2.52. The number of halogens is 3. The van der Waals surface area contributed by atoms with E-state index in [1.54, 1.807) is 44.2 Å². The standard InChI is InChI=1S/C26H30F3N4O8PS/c1-13(2)39-23(36)14(3)32-42(43,41-17-9-8-15-6-4-5-7-16(15)10-17)38-12-26(24(28)29)20(35)19(34)22(40-26)33-11-18(27)21(30)31-25(33)37/h4-11,13-14,19-20,22,24,34-35H,12H2,1-3H3,(H,32,43)(H2,30,31,37)/t14-,19-,20-,22+,26+,42?/m0/s1. The Balaban J connectivity index is 1.66. The Bertz CT molecular complexity index is 1600. The van der Waals surface area contributed by atoms with Gasteiger partial charge in [0.2, 0.25) is 0 Å². The fraction of sp³-hybridized carbons (Fsp3) is 0.423. The minimum atomic E-state index is -3.95. The molecule has 0 radical (unpaired) electrons. The Kier molecular flexibility index (Phi) is 9.81. The Hall–Kier alpha value is -3.11. The molecule has 17 heteroatoms. The number of nitrogens with zero attached hydrogens (tertiary/aromatic N) is 2. The number of nitrogens with one attached hydrogen (secondary N) is 1. The van der Waals surface area contributed by atoms with Crippen molar-refractivity contribution in [2.75, 3.05) is 12.3 Å². The number of hydrogen-bond donors (Lipinski definition) is 4. The normalized spacial score (nSPS) is 24.3. The zero-order valence-corrected chi connectivity index (χ0v) is 24.8. The van der Waals surface area contributed by atoms with E-state index in [0.29, 0.717) is 10.8 Å². The van der Waals surface area contributed by atoms with Crippen molar-refractivity contribution in [1.29, 1.82) is 0 Å². The van der Waals surface area contributed by atoms with Crippen LogP contribution in [0.15, 0.2) is 53.5 Å². The van der Waals surface area contributed by atoms with Gasteiger partial charge in [-0.15, -0.1) is 0 Å². The van der Waals surface area contributed by atoms with E-state index >= 15 is 0 Å². The molecule has 2 aromatic carbocycles. The van der Waals surface area contributed by atoms with Crippen LogP contribution in [0, 0.1) is 5.82 Å². The molecule has 0 spiro atoms. The van der Waals surface area contributed by atoms with Crippen molar-refractivity contribution in [3.05, 3.63) is 65.0 Å². The van der Waals surface area contributed by atoms with Crippen LogP contribution in [0.4, 0.5) is 19.0 Å². The predicted molar refractivity (Wildman–Crippen MR) is 152 cm³/mol. The predicted octanol–water partition coefficient (Wildman–Crippen LogP) is 2.62. The molecule has 5 N–H and O–H groups in total. The summed E-state index contributed by atoms with van der Waals surface area (Å²) < 4.78 is 65.9.